The standard InChI is InChI=1S/C12H25N3O/c1-14-5-3-11(4-6-14)15(2)8-12(7-13)9-16-10-12/h11H,3-10,13H2,1-2H3. The molecule has 94 valence electrons. The lowest BCUT2D eigenvalue weighted by Gasteiger charge is -2.45. The molecule has 2 aliphatic heterocycles. The lowest BCUT2D eigenvalue weighted by Crippen LogP contribution is -2.56. The summed E-state index contributed by atoms with van der Waals surface area (Å²) >= 11 is 0. The maximum Gasteiger partial charge on any atom is 0.0569 e. The highest BCUT2D eigenvalue weighted by atomic mass is 16.5. The molecule has 2 heterocycles. The fourth-order valence-electron chi connectivity index (χ4n) is 2.76. The van der Waals surface area contributed by atoms with Crippen LogP contribution in [0.1, 0.15) is 12.8 Å². The molecule has 0 unspecified atom stereocenters. The van der Waals surface area contributed by atoms with Gasteiger partial charge in [0.25, 0.3) is 0 Å². The summed E-state index contributed by atoms with van der Waals surface area (Å²) in [4.78, 5) is 4.91. The van der Waals surface area contributed by atoms with Crippen molar-refractivity contribution in [1.82, 2.24) is 9.80 Å². The summed E-state index contributed by atoms with van der Waals surface area (Å²) in [7, 11) is 4.45. The molecule has 0 saturated carbocycles. The highest BCUT2D eigenvalue weighted by Gasteiger charge is 2.39. The first kappa shape index (κ1) is 12.3. The maximum atomic E-state index is 5.85. The second-order valence-corrected chi connectivity index (χ2v) is 5.65. The van der Waals surface area contributed by atoms with E-state index in [0.29, 0.717) is 0 Å². The molecule has 2 saturated heterocycles. The third-order valence-electron chi connectivity index (χ3n) is 4.15. The van der Waals surface area contributed by atoms with Crippen LogP contribution >= 0.6 is 0 Å². The van der Waals surface area contributed by atoms with E-state index in [0.717, 1.165) is 32.3 Å². The molecule has 4 heteroatoms. The summed E-state index contributed by atoms with van der Waals surface area (Å²) in [6.07, 6.45) is 2.57. The molecule has 0 aromatic carbocycles. The molecule has 2 fully saturated rings. The van der Waals surface area contributed by atoms with Crippen LogP contribution in [-0.2, 0) is 4.74 Å². The monoisotopic (exact) mass is 227 g/mol. The minimum absolute atomic E-state index is 0.248. The lowest BCUT2D eigenvalue weighted by molar-refractivity contribution is -0.123. The van der Waals surface area contributed by atoms with Crippen molar-refractivity contribution in [2.24, 2.45) is 11.1 Å². The van der Waals surface area contributed by atoms with Gasteiger partial charge in [-0.15, -0.1) is 0 Å². The Labute approximate surface area is 98.7 Å². The van der Waals surface area contributed by atoms with Gasteiger partial charge in [-0.05, 0) is 40.0 Å². The number of piperidine rings is 1. The number of nitrogens with zero attached hydrogens (tertiary/aromatic N) is 2. The van der Waals surface area contributed by atoms with Gasteiger partial charge >= 0.3 is 0 Å². The first-order valence-electron chi connectivity index (χ1n) is 6.32. The molecule has 0 aliphatic carbocycles. The second-order valence-electron chi connectivity index (χ2n) is 5.65. The van der Waals surface area contributed by atoms with Crippen LogP contribution in [0, 0.1) is 5.41 Å². The van der Waals surface area contributed by atoms with Crippen molar-refractivity contribution in [1.29, 1.82) is 0 Å². The van der Waals surface area contributed by atoms with Gasteiger partial charge in [0, 0.05) is 24.5 Å². The largest absolute Gasteiger partial charge is 0.380 e. The molecule has 2 aliphatic rings. The zero-order chi connectivity index (χ0) is 11.6. The van der Waals surface area contributed by atoms with Crippen LogP contribution in [0.5, 0.6) is 0 Å². The predicted octanol–water partition coefficient (Wildman–Crippen LogP) is -0.0123. The molecule has 2 N–H and O–H groups in total. The minimum atomic E-state index is 0.248. The summed E-state index contributed by atoms with van der Waals surface area (Å²) < 4.78 is 5.32. The molecule has 16 heavy (non-hydrogen) atoms. The van der Waals surface area contributed by atoms with E-state index < -0.39 is 0 Å². The Morgan fingerprint density at radius 2 is 2.00 bits per heavy atom. The van der Waals surface area contributed by atoms with Gasteiger partial charge in [0.15, 0.2) is 0 Å². The van der Waals surface area contributed by atoms with Crippen molar-refractivity contribution in [3.63, 3.8) is 0 Å². The van der Waals surface area contributed by atoms with E-state index in [-0.39, 0.29) is 5.41 Å². The Morgan fingerprint density at radius 1 is 1.38 bits per heavy atom. The average molecular weight is 227 g/mol. The van der Waals surface area contributed by atoms with Crippen molar-refractivity contribution in [2.75, 3.05) is 53.5 Å². The van der Waals surface area contributed by atoms with Gasteiger partial charge in [0.1, 0.15) is 0 Å². The van der Waals surface area contributed by atoms with E-state index in [4.69, 9.17) is 10.5 Å². The van der Waals surface area contributed by atoms with E-state index in [1.807, 2.05) is 0 Å². The van der Waals surface area contributed by atoms with E-state index in [9.17, 15) is 0 Å². The van der Waals surface area contributed by atoms with E-state index in [2.05, 4.69) is 23.9 Å². The fraction of sp³-hybridized carbons (Fsp3) is 1.00. The molecule has 2 rings (SSSR count). The van der Waals surface area contributed by atoms with Gasteiger partial charge in [-0.3, -0.25) is 0 Å². The molecule has 0 spiro atoms. The molecule has 4 nitrogen and oxygen atoms in total. The minimum Gasteiger partial charge on any atom is -0.380 e. The fourth-order valence-corrected chi connectivity index (χ4v) is 2.76. The number of hydrogen-bond acceptors (Lipinski definition) is 4. The number of hydrogen-bond donors (Lipinski definition) is 1. The van der Waals surface area contributed by atoms with Gasteiger partial charge in [0.2, 0.25) is 0 Å². The summed E-state index contributed by atoms with van der Waals surface area (Å²) in [5.74, 6) is 0. The zero-order valence-electron chi connectivity index (χ0n) is 10.6. The zero-order valence-corrected chi connectivity index (χ0v) is 10.6. The average Bonchev–Trinajstić information content (AvgIpc) is 2.24. The first-order chi connectivity index (χ1) is 7.65. The summed E-state index contributed by atoms with van der Waals surface area (Å²) in [6.45, 7) is 5.99. The number of nitrogens with two attached hydrogens (primary N) is 1. The second kappa shape index (κ2) is 5.00. The Morgan fingerprint density at radius 3 is 2.44 bits per heavy atom. The molecule has 0 radical (unpaired) electrons. The summed E-state index contributed by atoms with van der Waals surface area (Å²) in [6, 6.07) is 0.736. The third-order valence-corrected chi connectivity index (χ3v) is 4.15. The maximum absolute atomic E-state index is 5.85. The molecular formula is C12H25N3O. The van der Waals surface area contributed by atoms with E-state index in [1.165, 1.54) is 25.9 Å². The Balaban J connectivity index is 1.81. The van der Waals surface area contributed by atoms with E-state index in [1.54, 1.807) is 0 Å². The van der Waals surface area contributed by atoms with Crippen molar-refractivity contribution in [3.05, 3.63) is 0 Å². The van der Waals surface area contributed by atoms with Crippen LogP contribution in [0.4, 0.5) is 0 Å². The lowest BCUT2D eigenvalue weighted by atomic mass is 9.85. The number of rotatable bonds is 4. The SMILES string of the molecule is CN1CCC(N(C)CC2(CN)COC2)CC1. The molecule has 0 aromatic rings. The van der Waals surface area contributed by atoms with Gasteiger partial charge < -0.3 is 20.3 Å². The number of likely N-dealkylation sites (tertiary alicyclic amines) is 1. The summed E-state index contributed by atoms with van der Waals surface area (Å²) in [5.41, 5.74) is 6.10. The van der Waals surface area contributed by atoms with Crippen LogP contribution in [0.3, 0.4) is 0 Å². The molecule has 0 aromatic heterocycles. The van der Waals surface area contributed by atoms with Gasteiger partial charge in [0.05, 0.1) is 13.2 Å². The smallest absolute Gasteiger partial charge is 0.0569 e. The molecule has 0 amide bonds. The molecule has 0 bridgehead atoms. The Bertz CT molecular complexity index is 217. The van der Waals surface area contributed by atoms with Crippen molar-refractivity contribution < 1.29 is 4.74 Å². The van der Waals surface area contributed by atoms with Gasteiger partial charge in [-0.1, -0.05) is 0 Å². The van der Waals surface area contributed by atoms with Crippen LogP contribution < -0.4 is 5.73 Å². The predicted molar refractivity (Wildman–Crippen MR) is 65.5 cm³/mol. The van der Waals surface area contributed by atoms with Crippen LogP contribution in [-0.4, -0.2) is 69.3 Å². The van der Waals surface area contributed by atoms with Crippen molar-refractivity contribution >= 4 is 0 Å². The normalized spacial score (nSPS) is 27.0. The van der Waals surface area contributed by atoms with Crippen LogP contribution in [0.15, 0.2) is 0 Å². The summed E-state index contributed by atoms with van der Waals surface area (Å²) in [5, 5.41) is 0. The highest BCUT2D eigenvalue weighted by Crippen LogP contribution is 2.28. The van der Waals surface area contributed by atoms with Crippen molar-refractivity contribution in [3.8, 4) is 0 Å². The van der Waals surface area contributed by atoms with Gasteiger partial charge in [-0.25, -0.2) is 0 Å². The Kier molecular flexibility index (Phi) is 3.85. The Hall–Kier alpha value is -0.160. The molecular weight excluding hydrogens is 202 g/mol. The quantitative estimate of drug-likeness (QED) is 0.733. The highest BCUT2D eigenvalue weighted by molar-refractivity contribution is 4.91. The number of ether oxygens (including phenoxy) is 1. The topological polar surface area (TPSA) is 41.7 Å². The van der Waals surface area contributed by atoms with Crippen LogP contribution in [0.2, 0.25) is 0 Å². The van der Waals surface area contributed by atoms with Gasteiger partial charge in [-0.2, -0.15) is 0 Å². The molecule has 0 atom stereocenters. The first-order valence-corrected chi connectivity index (χ1v) is 6.32. The van der Waals surface area contributed by atoms with E-state index >= 15 is 0 Å². The third kappa shape index (κ3) is 2.56. The van der Waals surface area contributed by atoms with Crippen LogP contribution in [0.25, 0.3) is 0 Å². The van der Waals surface area contributed by atoms with Crippen molar-refractivity contribution in [2.45, 2.75) is 18.9 Å².